The summed E-state index contributed by atoms with van der Waals surface area (Å²) in [4.78, 5) is 57.2. The van der Waals surface area contributed by atoms with Crippen molar-refractivity contribution in [3.8, 4) is 40.0 Å². The summed E-state index contributed by atoms with van der Waals surface area (Å²) in [5.41, 5.74) is 1.12. The lowest BCUT2D eigenvalue weighted by Crippen LogP contribution is -2.45. The van der Waals surface area contributed by atoms with Gasteiger partial charge in [0.05, 0.1) is 18.0 Å². The molecule has 1 saturated heterocycles. The number of pyridine rings is 1. The third kappa shape index (κ3) is 11.8. The summed E-state index contributed by atoms with van der Waals surface area (Å²) < 4.78 is 28.5. The Balaban J connectivity index is 1.54. The Bertz CT molecular complexity index is 2090. The first-order valence-electron chi connectivity index (χ1n) is 19.3. The van der Waals surface area contributed by atoms with Gasteiger partial charge in [-0.25, -0.2) is 24.4 Å². The fourth-order valence-corrected chi connectivity index (χ4v) is 5.98. The summed E-state index contributed by atoms with van der Waals surface area (Å²) in [5.74, 6) is -0.364. The van der Waals surface area contributed by atoms with Gasteiger partial charge in [0.15, 0.2) is 17.3 Å². The van der Waals surface area contributed by atoms with Gasteiger partial charge in [0.1, 0.15) is 22.5 Å². The van der Waals surface area contributed by atoms with Gasteiger partial charge in [-0.15, -0.1) is 0 Å². The van der Waals surface area contributed by atoms with Gasteiger partial charge in [0.2, 0.25) is 0 Å². The van der Waals surface area contributed by atoms with Gasteiger partial charge < -0.3 is 28.4 Å². The minimum atomic E-state index is -1.03. The van der Waals surface area contributed by atoms with Crippen LogP contribution in [0.4, 0.5) is 20.2 Å². The maximum Gasteiger partial charge on any atom is 0.425 e. The minimum Gasteiger partial charge on any atom is -0.444 e. The van der Waals surface area contributed by atoms with Gasteiger partial charge >= 0.3 is 18.3 Å². The predicted molar refractivity (Wildman–Crippen MR) is 215 cm³/mol. The highest BCUT2D eigenvalue weighted by Crippen LogP contribution is 2.35. The number of nitriles is 1. The summed E-state index contributed by atoms with van der Waals surface area (Å²) in [6, 6.07) is 14.9. The number of anilines is 1. The Hall–Kier alpha value is -5.88. The van der Waals surface area contributed by atoms with Gasteiger partial charge in [-0.05, 0) is 99.8 Å². The average molecular weight is 796 g/mol. The van der Waals surface area contributed by atoms with Crippen LogP contribution in [0.15, 0.2) is 59.4 Å². The first-order valence-corrected chi connectivity index (χ1v) is 19.3. The number of hydrogen-bond donors (Lipinski definition) is 0. The van der Waals surface area contributed by atoms with Crippen LogP contribution in [0.3, 0.4) is 0 Å². The smallest absolute Gasteiger partial charge is 0.425 e. The summed E-state index contributed by atoms with van der Waals surface area (Å²) in [6.45, 7) is 18.9. The first-order chi connectivity index (χ1) is 27.2. The molecule has 308 valence electrons. The molecule has 15 nitrogen and oxygen atoms in total. The maximum absolute atomic E-state index is 13.8. The number of rotatable bonds is 9. The molecule has 3 aromatic heterocycles. The highest BCUT2D eigenvalue weighted by Gasteiger charge is 2.37. The molecule has 1 aliphatic heterocycles. The van der Waals surface area contributed by atoms with Crippen LogP contribution in [0.25, 0.3) is 34.0 Å². The Morgan fingerprint density at radius 3 is 2.02 bits per heavy atom. The zero-order valence-corrected chi connectivity index (χ0v) is 35.0. The molecule has 4 aromatic rings. The van der Waals surface area contributed by atoms with Crippen LogP contribution in [0, 0.1) is 17.2 Å². The maximum atomic E-state index is 13.8. The summed E-state index contributed by atoms with van der Waals surface area (Å²) >= 11 is 0. The number of benzene rings is 1. The van der Waals surface area contributed by atoms with Gasteiger partial charge in [-0.1, -0.05) is 29.4 Å². The molecule has 1 aliphatic rings. The standard InChI is InChI=1S/C43H53N7O8/c1-27(24-44)21-31-22-30(15-18-45-31)34-25-46-37(50(39(52)56-42(5,6)7)40(53)57-43(8,9)10)36(47-34)35-23-33(48-58-35)29-13-11-28(12-14-29)26-49(32-16-19-54-20-17-32)38(51)55-41(2,3)4/h11-15,18,22-23,25,27,32H,16-17,19-21,26H2,1-10H3. The Labute approximate surface area is 339 Å². The van der Waals surface area contributed by atoms with Crippen LogP contribution in [0.5, 0.6) is 0 Å². The van der Waals surface area contributed by atoms with E-state index in [1.54, 1.807) is 70.8 Å². The van der Waals surface area contributed by atoms with Crippen molar-refractivity contribution < 1.29 is 37.9 Å². The average Bonchev–Trinajstić information content (AvgIpc) is 3.63. The molecule has 0 spiro atoms. The van der Waals surface area contributed by atoms with E-state index in [1.165, 1.54) is 6.20 Å². The van der Waals surface area contributed by atoms with E-state index in [4.69, 9.17) is 28.5 Å². The van der Waals surface area contributed by atoms with Crippen LogP contribution in [-0.2, 0) is 31.9 Å². The number of ether oxygens (including phenoxy) is 4. The van der Waals surface area contributed by atoms with Crippen LogP contribution in [-0.4, -0.2) is 79.3 Å². The van der Waals surface area contributed by atoms with Crippen molar-refractivity contribution in [2.75, 3.05) is 18.1 Å². The fraction of sp³-hybridized carbons (Fsp3) is 0.488. The third-order valence-electron chi connectivity index (χ3n) is 8.57. The van der Waals surface area contributed by atoms with E-state index in [9.17, 15) is 19.6 Å². The van der Waals surface area contributed by atoms with E-state index in [0.717, 1.165) is 5.56 Å². The van der Waals surface area contributed by atoms with Gasteiger partial charge in [0, 0.05) is 67.2 Å². The fourth-order valence-electron chi connectivity index (χ4n) is 5.98. The lowest BCUT2D eigenvalue weighted by molar-refractivity contribution is -0.00813. The number of imide groups is 1. The molecule has 1 atom stereocenters. The zero-order chi connectivity index (χ0) is 42.4. The van der Waals surface area contributed by atoms with E-state index >= 15 is 0 Å². The Kier molecular flexibility index (Phi) is 13.2. The topological polar surface area (TPSA) is 183 Å². The molecular weight excluding hydrogens is 743 g/mol. The molecule has 0 aliphatic carbocycles. The normalized spacial score (nSPS) is 14.2. The van der Waals surface area contributed by atoms with E-state index in [0.29, 0.717) is 72.1 Å². The highest BCUT2D eigenvalue weighted by atomic mass is 16.6. The molecule has 1 unspecified atom stereocenters. The number of aromatic nitrogens is 4. The van der Waals surface area contributed by atoms with Crippen molar-refractivity contribution in [3.05, 3.63) is 66.1 Å². The van der Waals surface area contributed by atoms with E-state index in [1.807, 2.05) is 52.0 Å². The quantitative estimate of drug-likeness (QED) is 0.146. The third-order valence-corrected chi connectivity index (χ3v) is 8.57. The monoisotopic (exact) mass is 795 g/mol. The minimum absolute atomic E-state index is 0.0119. The lowest BCUT2D eigenvalue weighted by atomic mass is 10.0. The van der Waals surface area contributed by atoms with Gasteiger partial charge in [0.25, 0.3) is 0 Å². The van der Waals surface area contributed by atoms with Crippen LogP contribution >= 0.6 is 0 Å². The second kappa shape index (κ2) is 17.7. The van der Waals surface area contributed by atoms with E-state index in [-0.39, 0.29) is 35.3 Å². The number of hydrogen-bond acceptors (Lipinski definition) is 13. The van der Waals surface area contributed by atoms with Crippen molar-refractivity contribution in [3.63, 3.8) is 0 Å². The molecule has 58 heavy (non-hydrogen) atoms. The van der Waals surface area contributed by atoms with E-state index in [2.05, 4.69) is 21.2 Å². The molecule has 0 saturated carbocycles. The van der Waals surface area contributed by atoms with Crippen molar-refractivity contribution >= 4 is 24.1 Å². The lowest BCUT2D eigenvalue weighted by Gasteiger charge is -2.35. The molecule has 5 rings (SSSR count). The van der Waals surface area contributed by atoms with Crippen LogP contribution < -0.4 is 4.90 Å². The van der Waals surface area contributed by atoms with Crippen molar-refractivity contribution in [2.45, 2.75) is 118 Å². The largest absolute Gasteiger partial charge is 0.444 e. The number of carbonyl (C=O) groups is 3. The molecule has 0 radical (unpaired) electrons. The molecule has 4 heterocycles. The molecule has 0 N–H and O–H groups in total. The van der Waals surface area contributed by atoms with Gasteiger partial charge in [-0.3, -0.25) is 4.98 Å². The highest BCUT2D eigenvalue weighted by molar-refractivity contribution is 6.10. The van der Waals surface area contributed by atoms with Gasteiger partial charge in [-0.2, -0.15) is 10.2 Å². The Morgan fingerprint density at radius 1 is 0.828 bits per heavy atom. The summed E-state index contributed by atoms with van der Waals surface area (Å²) in [7, 11) is 0. The summed E-state index contributed by atoms with van der Waals surface area (Å²) in [6.07, 6.45) is 2.45. The van der Waals surface area contributed by atoms with Crippen molar-refractivity contribution in [1.29, 1.82) is 5.26 Å². The van der Waals surface area contributed by atoms with Crippen molar-refractivity contribution in [1.82, 2.24) is 25.0 Å². The number of nitrogens with zero attached hydrogens (tertiary/aromatic N) is 7. The SMILES string of the molecule is CC(C#N)Cc1cc(-c2cnc(N(C(=O)OC(C)(C)C)C(=O)OC(C)(C)C)c(-c3cc(-c4ccc(CN(C(=O)OC(C)(C)C)C5CCOCC5)cc4)no3)n2)ccn1. The number of amides is 3. The van der Waals surface area contributed by atoms with Crippen LogP contribution in [0.1, 0.15) is 93.3 Å². The second-order valence-electron chi connectivity index (χ2n) is 17.2. The first kappa shape index (κ1) is 43.2. The van der Waals surface area contributed by atoms with Crippen LogP contribution in [0.2, 0.25) is 0 Å². The summed E-state index contributed by atoms with van der Waals surface area (Å²) in [5, 5.41) is 13.7. The molecule has 1 fully saturated rings. The zero-order valence-electron chi connectivity index (χ0n) is 35.0. The molecule has 0 bridgehead atoms. The van der Waals surface area contributed by atoms with Crippen molar-refractivity contribution in [2.24, 2.45) is 5.92 Å². The predicted octanol–water partition coefficient (Wildman–Crippen LogP) is 9.16. The molecule has 15 heteroatoms. The number of carbonyl (C=O) groups excluding carboxylic acids is 3. The molecule has 3 amide bonds. The molecular formula is C43H53N7O8. The Morgan fingerprint density at radius 2 is 1.43 bits per heavy atom. The van der Waals surface area contributed by atoms with E-state index < -0.39 is 29.0 Å². The molecule has 1 aromatic carbocycles. The second-order valence-corrected chi connectivity index (χ2v) is 17.2.